The number of allylic oxidation sites excluding steroid dienone is 1. The fourth-order valence-corrected chi connectivity index (χ4v) is 1.79. The standard InChI is InChI=1S/C14H19N3.2C2H6/c1-6-8-12-13(9-16-7-2)11(3)17(5)14(12)10-15-4;2*1-2/h6-10H,2H2,1,3-5H3;2*1-2H3/b8-6-,15-10?,16-9?;;. The number of hydrogen-bond acceptors (Lipinski definition) is 2. The average molecular weight is 289 g/mol. The Labute approximate surface area is 130 Å². The summed E-state index contributed by atoms with van der Waals surface area (Å²) in [6.07, 6.45) is 9.35. The molecule has 0 saturated carbocycles. The van der Waals surface area contributed by atoms with Gasteiger partial charge in [-0.25, -0.2) is 0 Å². The molecule has 1 heterocycles. The maximum Gasteiger partial charge on any atom is 0.0667 e. The molecule has 0 saturated heterocycles. The SMILES string of the molecule is C=CN=Cc1c(/C=C\C)c(C=NC)n(C)c1C.CC.CC. The molecule has 1 aromatic heterocycles. The van der Waals surface area contributed by atoms with Crippen molar-refractivity contribution in [3.8, 4) is 0 Å². The van der Waals surface area contributed by atoms with Crippen molar-refractivity contribution in [3.63, 3.8) is 0 Å². The molecule has 118 valence electrons. The molecule has 0 atom stereocenters. The van der Waals surface area contributed by atoms with Crippen LogP contribution < -0.4 is 0 Å². The summed E-state index contributed by atoms with van der Waals surface area (Å²) in [5.74, 6) is 0. The highest BCUT2D eigenvalue weighted by Crippen LogP contribution is 2.21. The van der Waals surface area contributed by atoms with E-state index >= 15 is 0 Å². The van der Waals surface area contributed by atoms with Crippen LogP contribution in [0.15, 0.2) is 28.8 Å². The van der Waals surface area contributed by atoms with Gasteiger partial charge in [-0.05, 0) is 13.8 Å². The van der Waals surface area contributed by atoms with Crippen molar-refractivity contribution in [3.05, 3.63) is 41.4 Å². The van der Waals surface area contributed by atoms with Gasteiger partial charge >= 0.3 is 0 Å². The fraction of sp³-hybridized carbons (Fsp3) is 0.444. The third kappa shape index (κ3) is 5.94. The topological polar surface area (TPSA) is 29.6 Å². The Morgan fingerprint density at radius 1 is 1.05 bits per heavy atom. The van der Waals surface area contributed by atoms with Crippen molar-refractivity contribution in [1.82, 2.24) is 4.57 Å². The van der Waals surface area contributed by atoms with E-state index in [9.17, 15) is 0 Å². The molecule has 0 amide bonds. The highest BCUT2D eigenvalue weighted by Gasteiger charge is 2.13. The predicted octanol–water partition coefficient (Wildman–Crippen LogP) is 5.03. The van der Waals surface area contributed by atoms with Crippen LogP contribution in [0.25, 0.3) is 6.08 Å². The van der Waals surface area contributed by atoms with Gasteiger partial charge in [0.15, 0.2) is 0 Å². The molecule has 1 aromatic rings. The molecule has 0 bridgehead atoms. The van der Waals surface area contributed by atoms with Crippen LogP contribution in [0.4, 0.5) is 0 Å². The lowest BCUT2D eigenvalue weighted by molar-refractivity contribution is 0.873. The Hall–Kier alpha value is -1.90. The molecule has 0 fully saturated rings. The molecule has 3 nitrogen and oxygen atoms in total. The highest BCUT2D eigenvalue weighted by molar-refractivity contribution is 5.95. The normalized spacial score (nSPS) is 10.5. The Kier molecular flexibility index (Phi) is 13.3. The van der Waals surface area contributed by atoms with Crippen LogP contribution >= 0.6 is 0 Å². The number of nitrogens with zero attached hydrogens (tertiary/aromatic N) is 3. The first kappa shape index (κ1) is 21.4. The molecule has 1 rings (SSSR count). The molecule has 21 heavy (non-hydrogen) atoms. The molecule has 0 radical (unpaired) electrons. The van der Waals surface area contributed by atoms with Crippen LogP contribution in [0, 0.1) is 6.92 Å². The summed E-state index contributed by atoms with van der Waals surface area (Å²) >= 11 is 0. The lowest BCUT2D eigenvalue weighted by Gasteiger charge is -1.99. The predicted molar refractivity (Wildman–Crippen MR) is 98.9 cm³/mol. The van der Waals surface area contributed by atoms with Crippen LogP contribution in [0.5, 0.6) is 0 Å². The van der Waals surface area contributed by atoms with Gasteiger partial charge in [0.2, 0.25) is 0 Å². The van der Waals surface area contributed by atoms with E-state index < -0.39 is 0 Å². The van der Waals surface area contributed by atoms with Crippen LogP contribution in [0.3, 0.4) is 0 Å². The molecule has 0 spiro atoms. The first-order valence-corrected chi connectivity index (χ1v) is 7.55. The maximum absolute atomic E-state index is 4.11. The van der Waals surface area contributed by atoms with E-state index in [1.807, 2.05) is 60.2 Å². The van der Waals surface area contributed by atoms with Crippen molar-refractivity contribution in [1.29, 1.82) is 0 Å². The highest BCUT2D eigenvalue weighted by atomic mass is 15.0. The summed E-state index contributed by atoms with van der Waals surface area (Å²) < 4.78 is 2.12. The molecule has 0 aliphatic carbocycles. The van der Waals surface area contributed by atoms with E-state index in [0.29, 0.717) is 0 Å². The summed E-state index contributed by atoms with van der Waals surface area (Å²) in [6.45, 7) is 15.7. The van der Waals surface area contributed by atoms with Gasteiger partial charge in [-0.1, -0.05) is 46.4 Å². The summed E-state index contributed by atoms with van der Waals surface area (Å²) in [5, 5.41) is 0. The van der Waals surface area contributed by atoms with Crippen molar-refractivity contribution >= 4 is 18.5 Å². The quantitative estimate of drug-likeness (QED) is 0.696. The maximum atomic E-state index is 4.11. The molecular formula is C18H31N3. The fourth-order valence-electron chi connectivity index (χ4n) is 1.79. The van der Waals surface area contributed by atoms with Gasteiger partial charge in [-0.15, -0.1) is 0 Å². The first-order valence-electron chi connectivity index (χ1n) is 7.55. The van der Waals surface area contributed by atoms with Crippen molar-refractivity contribution in [2.75, 3.05) is 7.05 Å². The van der Waals surface area contributed by atoms with E-state index in [-0.39, 0.29) is 0 Å². The number of rotatable bonds is 4. The Morgan fingerprint density at radius 2 is 1.62 bits per heavy atom. The summed E-state index contributed by atoms with van der Waals surface area (Å²) in [4.78, 5) is 8.21. The van der Waals surface area contributed by atoms with Gasteiger partial charge in [0.25, 0.3) is 0 Å². The number of hydrogen-bond donors (Lipinski definition) is 0. The van der Waals surface area contributed by atoms with Crippen molar-refractivity contribution < 1.29 is 0 Å². The molecule has 0 unspecified atom stereocenters. The summed E-state index contributed by atoms with van der Waals surface area (Å²) in [5.41, 5.74) is 4.51. The van der Waals surface area contributed by atoms with Gasteiger partial charge in [0.05, 0.1) is 5.69 Å². The lowest BCUT2D eigenvalue weighted by atomic mass is 10.1. The minimum atomic E-state index is 1.09. The number of aromatic nitrogens is 1. The lowest BCUT2D eigenvalue weighted by Crippen LogP contribution is -1.97. The molecule has 3 heteroatoms. The van der Waals surface area contributed by atoms with Crippen LogP contribution in [-0.2, 0) is 7.05 Å². The van der Waals surface area contributed by atoms with E-state index in [0.717, 1.165) is 16.8 Å². The van der Waals surface area contributed by atoms with Gasteiger partial charge in [-0.3, -0.25) is 9.98 Å². The molecule has 0 aliphatic heterocycles. The largest absolute Gasteiger partial charge is 0.346 e. The third-order valence-corrected chi connectivity index (χ3v) is 2.71. The van der Waals surface area contributed by atoms with Crippen LogP contribution in [0.2, 0.25) is 0 Å². The monoisotopic (exact) mass is 289 g/mol. The third-order valence-electron chi connectivity index (χ3n) is 2.71. The van der Waals surface area contributed by atoms with Gasteiger partial charge in [-0.2, -0.15) is 0 Å². The van der Waals surface area contributed by atoms with E-state index in [4.69, 9.17) is 0 Å². The molecule has 0 aliphatic rings. The van der Waals surface area contributed by atoms with E-state index in [1.54, 1.807) is 13.2 Å². The van der Waals surface area contributed by atoms with Gasteiger partial charge in [0, 0.05) is 49.5 Å². The van der Waals surface area contributed by atoms with Gasteiger partial charge in [0.1, 0.15) is 0 Å². The van der Waals surface area contributed by atoms with Gasteiger partial charge < -0.3 is 4.57 Å². The molecule has 0 N–H and O–H groups in total. The van der Waals surface area contributed by atoms with Crippen LogP contribution in [0.1, 0.15) is 57.1 Å². The minimum absolute atomic E-state index is 1.09. The zero-order valence-corrected chi connectivity index (χ0v) is 14.9. The Morgan fingerprint density at radius 3 is 2.05 bits per heavy atom. The summed E-state index contributed by atoms with van der Waals surface area (Å²) in [6, 6.07) is 0. The zero-order valence-electron chi connectivity index (χ0n) is 14.9. The molecular weight excluding hydrogens is 258 g/mol. The summed E-state index contributed by atoms with van der Waals surface area (Å²) in [7, 11) is 3.81. The minimum Gasteiger partial charge on any atom is -0.346 e. The van der Waals surface area contributed by atoms with Crippen molar-refractivity contribution in [2.45, 2.75) is 41.5 Å². The Balaban J connectivity index is 0. The smallest absolute Gasteiger partial charge is 0.0667 e. The van der Waals surface area contributed by atoms with Crippen LogP contribution in [-0.4, -0.2) is 24.0 Å². The average Bonchev–Trinajstić information content (AvgIpc) is 2.75. The number of aliphatic imine (C=N–C) groups is 2. The van der Waals surface area contributed by atoms with E-state index in [2.05, 4.69) is 34.1 Å². The van der Waals surface area contributed by atoms with E-state index in [1.165, 1.54) is 5.69 Å². The second kappa shape index (κ2) is 13.1. The first-order chi connectivity index (χ1) is 10.2. The second-order valence-electron chi connectivity index (χ2n) is 3.71. The second-order valence-corrected chi connectivity index (χ2v) is 3.71. The zero-order chi connectivity index (χ0) is 16.8. The Bertz CT molecular complexity index is 489. The van der Waals surface area contributed by atoms with Crippen molar-refractivity contribution in [2.24, 2.45) is 17.0 Å². The molecule has 0 aromatic carbocycles.